The molecule has 1 amide bonds. The van der Waals surface area contributed by atoms with Crippen molar-refractivity contribution in [3.05, 3.63) is 95.6 Å². The van der Waals surface area contributed by atoms with E-state index in [9.17, 15) is 4.79 Å². The second-order valence-electron chi connectivity index (χ2n) is 7.16. The van der Waals surface area contributed by atoms with Crippen molar-refractivity contribution >= 4 is 5.91 Å². The van der Waals surface area contributed by atoms with Gasteiger partial charge in [-0.15, -0.1) is 0 Å². The van der Waals surface area contributed by atoms with Gasteiger partial charge in [0.05, 0.1) is 6.04 Å². The Kier molecular flexibility index (Phi) is 4.24. The molecule has 0 radical (unpaired) electrons. The zero-order chi connectivity index (χ0) is 19.8. The van der Waals surface area contributed by atoms with Gasteiger partial charge in [-0.25, -0.2) is 0 Å². The fourth-order valence-corrected chi connectivity index (χ4v) is 3.92. The number of aromatic nitrogens is 3. The summed E-state index contributed by atoms with van der Waals surface area (Å²) in [5.41, 5.74) is 3.69. The molecule has 5 rings (SSSR count). The van der Waals surface area contributed by atoms with Crippen LogP contribution in [-0.2, 0) is 6.54 Å². The highest BCUT2D eigenvalue weighted by atomic mass is 16.5. The van der Waals surface area contributed by atoms with E-state index in [1.807, 2.05) is 53.4 Å². The molecule has 3 heterocycles. The number of nitrogens with zero attached hydrogens (tertiary/aromatic N) is 4. The summed E-state index contributed by atoms with van der Waals surface area (Å²) in [6.07, 6.45) is 2.08. The summed E-state index contributed by atoms with van der Waals surface area (Å²) in [4.78, 5) is 19.6. The van der Waals surface area contributed by atoms with Gasteiger partial charge >= 0.3 is 0 Å². The van der Waals surface area contributed by atoms with E-state index in [0.717, 1.165) is 23.4 Å². The summed E-state index contributed by atoms with van der Waals surface area (Å²) in [7, 11) is 0. The molecule has 6 heteroatoms. The Bertz CT molecular complexity index is 1150. The highest BCUT2D eigenvalue weighted by molar-refractivity contribution is 5.95. The van der Waals surface area contributed by atoms with Gasteiger partial charge in [0.15, 0.2) is 5.82 Å². The summed E-state index contributed by atoms with van der Waals surface area (Å²) < 4.78 is 7.44. The fraction of sp³-hybridized carbons (Fsp3) is 0.174. The van der Waals surface area contributed by atoms with Gasteiger partial charge < -0.3 is 14.0 Å². The highest BCUT2D eigenvalue weighted by Crippen LogP contribution is 2.33. The van der Waals surface area contributed by atoms with Gasteiger partial charge in [-0.1, -0.05) is 35.5 Å². The predicted molar refractivity (Wildman–Crippen MR) is 108 cm³/mol. The number of carbonyl (C=O) groups is 1. The molecule has 2 aromatic carbocycles. The largest absolute Gasteiger partial charge is 0.348 e. The maximum Gasteiger partial charge on any atom is 0.257 e. The van der Waals surface area contributed by atoms with Gasteiger partial charge in [-0.3, -0.25) is 4.79 Å². The Balaban J connectivity index is 1.48. The molecular weight excluding hydrogens is 364 g/mol. The lowest BCUT2D eigenvalue weighted by Crippen LogP contribution is -2.42. The molecule has 1 aliphatic heterocycles. The molecule has 0 saturated carbocycles. The third kappa shape index (κ3) is 3.12. The van der Waals surface area contributed by atoms with Gasteiger partial charge in [-0.2, -0.15) is 4.98 Å². The van der Waals surface area contributed by atoms with Crippen molar-refractivity contribution in [2.45, 2.75) is 19.5 Å². The smallest absolute Gasteiger partial charge is 0.257 e. The lowest BCUT2D eigenvalue weighted by Gasteiger charge is -2.37. The van der Waals surface area contributed by atoms with Crippen LogP contribution >= 0.6 is 0 Å². The van der Waals surface area contributed by atoms with Crippen LogP contribution in [0.1, 0.15) is 33.5 Å². The van der Waals surface area contributed by atoms with Crippen molar-refractivity contribution in [3.8, 4) is 11.5 Å². The molecule has 4 aromatic rings. The Hall–Kier alpha value is -3.67. The third-order valence-electron chi connectivity index (χ3n) is 5.32. The van der Waals surface area contributed by atoms with E-state index in [4.69, 9.17) is 4.52 Å². The Labute approximate surface area is 168 Å². The Morgan fingerprint density at radius 1 is 1.00 bits per heavy atom. The van der Waals surface area contributed by atoms with E-state index in [0.29, 0.717) is 23.8 Å². The summed E-state index contributed by atoms with van der Waals surface area (Å²) in [6, 6.07) is 21.6. The Morgan fingerprint density at radius 3 is 2.52 bits per heavy atom. The molecule has 0 fully saturated rings. The monoisotopic (exact) mass is 384 g/mol. The topological polar surface area (TPSA) is 64.2 Å². The van der Waals surface area contributed by atoms with Crippen LogP contribution in [0, 0.1) is 6.92 Å². The van der Waals surface area contributed by atoms with Crippen molar-refractivity contribution in [3.63, 3.8) is 0 Å². The Morgan fingerprint density at radius 2 is 1.79 bits per heavy atom. The molecule has 6 nitrogen and oxygen atoms in total. The zero-order valence-electron chi connectivity index (χ0n) is 16.0. The lowest BCUT2D eigenvalue weighted by atomic mass is 9.98. The molecular formula is C23H20N4O2. The predicted octanol–water partition coefficient (Wildman–Crippen LogP) is 4.09. The van der Waals surface area contributed by atoms with Crippen molar-refractivity contribution in [2.75, 3.05) is 6.54 Å². The van der Waals surface area contributed by atoms with E-state index >= 15 is 0 Å². The number of amides is 1. The summed E-state index contributed by atoms with van der Waals surface area (Å²) in [6.45, 7) is 3.22. The van der Waals surface area contributed by atoms with Crippen LogP contribution in [0.5, 0.6) is 0 Å². The highest BCUT2D eigenvalue weighted by Gasteiger charge is 2.32. The standard InChI is InChI=1S/C23H20N4O2/c1-16-24-22(29-25-16)18-9-11-19(12-10-18)23(28)27-15-14-26-13-5-8-20(26)21(27)17-6-3-2-4-7-17/h2-13,21H,14-15H2,1H3. The average molecular weight is 384 g/mol. The molecule has 2 aromatic heterocycles. The van der Waals surface area contributed by atoms with Crippen LogP contribution in [0.2, 0.25) is 0 Å². The van der Waals surface area contributed by atoms with Crippen molar-refractivity contribution in [1.29, 1.82) is 0 Å². The van der Waals surface area contributed by atoms with Crippen molar-refractivity contribution in [2.24, 2.45) is 0 Å². The van der Waals surface area contributed by atoms with Gasteiger partial charge in [-0.05, 0) is 48.9 Å². The summed E-state index contributed by atoms with van der Waals surface area (Å²) in [5, 5.41) is 3.82. The van der Waals surface area contributed by atoms with E-state index < -0.39 is 0 Å². The molecule has 0 spiro atoms. The number of fused-ring (bicyclic) bond motifs is 1. The van der Waals surface area contributed by atoms with Crippen LogP contribution in [0.3, 0.4) is 0 Å². The molecule has 0 aliphatic carbocycles. The SMILES string of the molecule is Cc1noc(-c2ccc(C(=O)N3CCn4cccc4C3c3ccccc3)cc2)n1. The van der Waals surface area contributed by atoms with Crippen LogP contribution < -0.4 is 0 Å². The van der Waals surface area contributed by atoms with Crippen molar-refractivity contribution in [1.82, 2.24) is 19.6 Å². The lowest BCUT2D eigenvalue weighted by molar-refractivity contribution is 0.0664. The number of hydrogen-bond donors (Lipinski definition) is 0. The normalized spacial score (nSPS) is 15.9. The number of hydrogen-bond acceptors (Lipinski definition) is 4. The average Bonchev–Trinajstić information content (AvgIpc) is 3.42. The number of carbonyl (C=O) groups excluding carboxylic acids is 1. The zero-order valence-corrected chi connectivity index (χ0v) is 16.0. The minimum Gasteiger partial charge on any atom is -0.348 e. The van der Waals surface area contributed by atoms with Crippen LogP contribution in [0.15, 0.2) is 77.4 Å². The third-order valence-corrected chi connectivity index (χ3v) is 5.32. The summed E-state index contributed by atoms with van der Waals surface area (Å²) >= 11 is 0. The minimum atomic E-state index is -0.106. The van der Waals surface area contributed by atoms with Crippen molar-refractivity contribution < 1.29 is 9.32 Å². The van der Waals surface area contributed by atoms with Gasteiger partial charge in [0.1, 0.15) is 0 Å². The number of benzene rings is 2. The summed E-state index contributed by atoms with van der Waals surface area (Å²) in [5.74, 6) is 1.06. The maximum absolute atomic E-state index is 13.4. The molecule has 29 heavy (non-hydrogen) atoms. The molecule has 0 N–H and O–H groups in total. The van der Waals surface area contributed by atoms with E-state index in [-0.39, 0.29) is 11.9 Å². The quantitative estimate of drug-likeness (QED) is 0.534. The van der Waals surface area contributed by atoms with E-state index in [1.165, 1.54) is 0 Å². The maximum atomic E-state index is 13.4. The number of aryl methyl sites for hydroxylation is 1. The van der Waals surface area contributed by atoms with Gasteiger partial charge in [0.25, 0.3) is 11.8 Å². The fourth-order valence-electron chi connectivity index (χ4n) is 3.92. The van der Waals surface area contributed by atoms with Gasteiger partial charge in [0, 0.05) is 36.1 Å². The molecule has 1 aliphatic rings. The van der Waals surface area contributed by atoms with Gasteiger partial charge in [0.2, 0.25) is 0 Å². The molecule has 144 valence electrons. The van der Waals surface area contributed by atoms with Crippen LogP contribution in [-0.4, -0.2) is 32.1 Å². The first kappa shape index (κ1) is 17.4. The second-order valence-corrected chi connectivity index (χ2v) is 7.16. The molecule has 0 bridgehead atoms. The second kappa shape index (κ2) is 7.05. The first-order valence-corrected chi connectivity index (χ1v) is 9.62. The minimum absolute atomic E-state index is 0.0135. The molecule has 0 saturated heterocycles. The number of rotatable bonds is 3. The van der Waals surface area contributed by atoms with E-state index in [2.05, 4.69) is 39.1 Å². The van der Waals surface area contributed by atoms with Crippen LogP contribution in [0.4, 0.5) is 0 Å². The molecule has 1 unspecified atom stereocenters. The first-order chi connectivity index (χ1) is 14.2. The first-order valence-electron chi connectivity index (χ1n) is 9.62. The van der Waals surface area contributed by atoms with Crippen LogP contribution in [0.25, 0.3) is 11.5 Å². The van der Waals surface area contributed by atoms with E-state index in [1.54, 1.807) is 6.92 Å². The molecule has 1 atom stereocenters.